The maximum atomic E-state index is 12.3. The summed E-state index contributed by atoms with van der Waals surface area (Å²) in [5.74, 6) is -1.51. The number of ether oxygens (including phenoxy) is 1. The van der Waals surface area contributed by atoms with Gasteiger partial charge in [0.05, 0.1) is 11.6 Å². The van der Waals surface area contributed by atoms with Gasteiger partial charge in [-0.2, -0.15) is 0 Å². The summed E-state index contributed by atoms with van der Waals surface area (Å²) in [6, 6.07) is 3.52. The molecule has 0 saturated carbocycles. The Labute approximate surface area is 122 Å². The molecule has 20 heavy (non-hydrogen) atoms. The van der Waals surface area contributed by atoms with E-state index in [4.69, 9.17) is 5.73 Å². The summed E-state index contributed by atoms with van der Waals surface area (Å²) in [4.78, 5) is 11.8. The van der Waals surface area contributed by atoms with E-state index >= 15 is 0 Å². The molecule has 1 rings (SSSR count). The lowest BCUT2D eigenvalue weighted by molar-refractivity contribution is -0.274. The second kappa shape index (κ2) is 6.45. The van der Waals surface area contributed by atoms with Crippen molar-refractivity contribution < 1.29 is 22.7 Å². The molecule has 3 N–H and O–H groups in total. The van der Waals surface area contributed by atoms with Crippen LogP contribution in [0.5, 0.6) is 5.75 Å². The number of amides is 1. The third-order valence-corrected chi connectivity index (χ3v) is 3.12. The zero-order valence-corrected chi connectivity index (χ0v) is 12.4. The van der Waals surface area contributed by atoms with Gasteiger partial charge in [0.1, 0.15) is 0 Å². The van der Waals surface area contributed by atoms with Crippen LogP contribution in [0.25, 0.3) is 0 Å². The number of nitrogens with one attached hydrogen (secondary N) is 1. The monoisotopic (exact) mass is 354 g/mol. The second-order valence-electron chi connectivity index (χ2n) is 4.33. The van der Waals surface area contributed by atoms with Gasteiger partial charge in [-0.3, -0.25) is 4.79 Å². The van der Waals surface area contributed by atoms with Crippen LogP contribution < -0.4 is 15.8 Å². The van der Waals surface area contributed by atoms with Crippen molar-refractivity contribution >= 4 is 27.5 Å². The molecule has 0 radical (unpaired) electrons. The third-order valence-electron chi connectivity index (χ3n) is 2.63. The molecular weight excluding hydrogens is 341 g/mol. The number of halogens is 4. The van der Waals surface area contributed by atoms with E-state index in [2.05, 4.69) is 26.0 Å². The smallest absolute Gasteiger partial charge is 0.404 e. The first-order chi connectivity index (χ1) is 9.10. The van der Waals surface area contributed by atoms with Gasteiger partial charge in [-0.15, -0.1) is 13.2 Å². The Morgan fingerprint density at radius 2 is 2.00 bits per heavy atom. The number of nitrogens with two attached hydrogens (primary N) is 1. The number of alkyl halides is 3. The van der Waals surface area contributed by atoms with Gasteiger partial charge in [-0.1, -0.05) is 22.9 Å². The molecule has 112 valence electrons. The van der Waals surface area contributed by atoms with Gasteiger partial charge in [0.25, 0.3) is 0 Å². The number of benzene rings is 1. The Morgan fingerprint density at radius 3 is 2.50 bits per heavy atom. The van der Waals surface area contributed by atoms with Crippen LogP contribution in [0, 0.1) is 5.92 Å². The molecule has 1 amide bonds. The Bertz CT molecular complexity index is 492. The van der Waals surface area contributed by atoms with E-state index in [9.17, 15) is 18.0 Å². The number of hydrogen-bond donors (Lipinski definition) is 2. The van der Waals surface area contributed by atoms with Crippen LogP contribution in [0.3, 0.4) is 0 Å². The summed E-state index contributed by atoms with van der Waals surface area (Å²) in [5, 5.41) is 2.38. The summed E-state index contributed by atoms with van der Waals surface area (Å²) >= 11 is 3.04. The lowest BCUT2D eigenvalue weighted by atomic mass is 10.0. The standard InChI is InChI=1S/C12H14BrF3N2O2/c1-6(7(2)17)11(19)18-9-4-3-8(13)5-10(9)20-12(14,15)16/h3-7H,17H2,1-2H3,(H,18,19). The largest absolute Gasteiger partial charge is 0.573 e. The van der Waals surface area contributed by atoms with Crippen LogP contribution >= 0.6 is 15.9 Å². The first kappa shape index (κ1) is 16.8. The SMILES string of the molecule is CC(N)C(C)C(=O)Nc1ccc(Br)cc1OC(F)(F)F. The maximum absolute atomic E-state index is 12.3. The highest BCUT2D eigenvalue weighted by Gasteiger charge is 2.32. The molecule has 0 spiro atoms. The summed E-state index contributed by atoms with van der Waals surface area (Å²) < 4.78 is 41.2. The molecule has 2 unspecified atom stereocenters. The van der Waals surface area contributed by atoms with Crippen LogP contribution in [0.4, 0.5) is 18.9 Å². The molecule has 0 fully saturated rings. The molecule has 0 aliphatic rings. The minimum atomic E-state index is -4.84. The van der Waals surface area contributed by atoms with Gasteiger partial charge in [0, 0.05) is 10.5 Å². The minimum absolute atomic E-state index is 0.0666. The molecule has 1 aromatic rings. The fourth-order valence-electron chi connectivity index (χ4n) is 1.29. The molecule has 0 aliphatic carbocycles. The highest BCUT2D eigenvalue weighted by molar-refractivity contribution is 9.10. The normalized spacial score (nSPS) is 14.6. The van der Waals surface area contributed by atoms with Gasteiger partial charge in [-0.25, -0.2) is 0 Å². The van der Waals surface area contributed by atoms with Crippen LogP contribution in [-0.2, 0) is 4.79 Å². The van der Waals surface area contributed by atoms with E-state index < -0.39 is 30.0 Å². The van der Waals surface area contributed by atoms with Crippen molar-refractivity contribution in [3.63, 3.8) is 0 Å². The van der Waals surface area contributed by atoms with Crippen molar-refractivity contribution in [3.05, 3.63) is 22.7 Å². The number of carbonyl (C=O) groups is 1. The highest BCUT2D eigenvalue weighted by atomic mass is 79.9. The van der Waals surface area contributed by atoms with Gasteiger partial charge < -0.3 is 15.8 Å². The Hall–Kier alpha value is -1.28. The zero-order valence-electron chi connectivity index (χ0n) is 10.8. The van der Waals surface area contributed by atoms with Crippen molar-refractivity contribution in [2.24, 2.45) is 11.7 Å². The van der Waals surface area contributed by atoms with E-state index in [1.54, 1.807) is 13.8 Å². The summed E-state index contributed by atoms with van der Waals surface area (Å²) in [6.07, 6.45) is -4.84. The molecule has 0 aliphatic heterocycles. The predicted molar refractivity (Wildman–Crippen MR) is 72.3 cm³/mol. The molecule has 1 aromatic carbocycles. The fraction of sp³-hybridized carbons (Fsp3) is 0.417. The van der Waals surface area contributed by atoms with Crippen molar-refractivity contribution in [3.8, 4) is 5.75 Å². The Balaban J connectivity index is 2.97. The number of rotatable bonds is 4. The van der Waals surface area contributed by atoms with Gasteiger partial charge in [0.2, 0.25) is 5.91 Å². The van der Waals surface area contributed by atoms with Crippen molar-refractivity contribution in [1.82, 2.24) is 0 Å². The van der Waals surface area contributed by atoms with Gasteiger partial charge in [0.15, 0.2) is 5.75 Å². The topological polar surface area (TPSA) is 64.4 Å². The minimum Gasteiger partial charge on any atom is -0.404 e. The average Bonchev–Trinajstić information content (AvgIpc) is 2.29. The third kappa shape index (κ3) is 5.01. The van der Waals surface area contributed by atoms with E-state index in [1.165, 1.54) is 12.1 Å². The Morgan fingerprint density at radius 1 is 1.40 bits per heavy atom. The molecule has 0 heterocycles. The van der Waals surface area contributed by atoms with E-state index in [1.807, 2.05) is 0 Å². The molecule has 4 nitrogen and oxygen atoms in total. The molecule has 8 heteroatoms. The maximum Gasteiger partial charge on any atom is 0.573 e. The first-order valence-corrected chi connectivity index (χ1v) is 6.51. The van der Waals surface area contributed by atoms with E-state index in [-0.39, 0.29) is 5.69 Å². The van der Waals surface area contributed by atoms with Gasteiger partial charge >= 0.3 is 6.36 Å². The quantitative estimate of drug-likeness (QED) is 0.871. The van der Waals surface area contributed by atoms with E-state index in [0.717, 1.165) is 6.07 Å². The van der Waals surface area contributed by atoms with Crippen LogP contribution in [0.2, 0.25) is 0 Å². The lowest BCUT2D eigenvalue weighted by Gasteiger charge is -2.18. The zero-order chi connectivity index (χ0) is 15.5. The molecule has 0 saturated heterocycles. The number of carbonyl (C=O) groups excluding carboxylic acids is 1. The summed E-state index contributed by atoms with van der Waals surface area (Å²) in [6.45, 7) is 3.22. The highest BCUT2D eigenvalue weighted by Crippen LogP contribution is 2.33. The molecule has 0 aromatic heterocycles. The Kier molecular flexibility index (Phi) is 5.41. The predicted octanol–water partition coefficient (Wildman–Crippen LogP) is 3.27. The van der Waals surface area contributed by atoms with E-state index in [0.29, 0.717) is 4.47 Å². The fourth-order valence-corrected chi connectivity index (χ4v) is 1.63. The number of anilines is 1. The second-order valence-corrected chi connectivity index (χ2v) is 5.24. The van der Waals surface area contributed by atoms with Crippen LogP contribution in [0.1, 0.15) is 13.8 Å². The number of hydrogen-bond acceptors (Lipinski definition) is 3. The van der Waals surface area contributed by atoms with Gasteiger partial charge in [-0.05, 0) is 25.1 Å². The average molecular weight is 355 g/mol. The van der Waals surface area contributed by atoms with Crippen molar-refractivity contribution in [1.29, 1.82) is 0 Å². The molecule has 0 bridgehead atoms. The van der Waals surface area contributed by atoms with Crippen molar-refractivity contribution in [2.75, 3.05) is 5.32 Å². The van der Waals surface area contributed by atoms with Crippen LogP contribution in [-0.4, -0.2) is 18.3 Å². The van der Waals surface area contributed by atoms with Crippen LogP contribution in [0.15, 0.2) is 22.7 Å². The van der Waals surface area contributed by atoms with Crippen molar-refractivity contribution in [2.45, 2.75) is 26.3 Å². The summed E-state index contributed by atoms with van der Waals surface area (Å²) in [5.41, 5.74) is 5.51. The molecule has 2 atom stereocenters. The summed E-state index contributed by atoms with van der Waals surface area (Å²) in [7, 11) is 0. The lowest BCUT2D eigenvalue weighted by Crippen LogP contribution is -2.34. The molecular formula is C12H14BrF3N2O2. The first-order valence-electron chi connectivity index (χ1n) is 5.72.